The quantitative estimate of drug-likeness (QED) is 0.638. The third-order valence-electron chi connectivity index (χ3n) is 2.29. The van der Waals surface area contributed by atoms with E-state index in [9.17, 15) is 0 Å². The maximum absolute atomic E-state index is 7.43. The fourth-order valence-electron chi connectivity index (χ4n) is 1.40. The molecule has 0 spiro atoms. The first-order chi connectivity index (χ1) is 8.69. The summed E-state index contributed by atoms with van der Waals surface area (Å²) in [5.74, 6) is 1.21. The Morgan fingerprint density at radius 3 is 2.78 bits per heavy atom. The van der Waals surface area contributed by atoms with Crippen molar-refractivity contribution in [1.29, 1.82) is 5.41 Å². The predicted octanol–water partition coefficient (Wildman–Crippen LogP) is 2.01. The first kappa shape index (κ1) is 12.4. The summed E-state index contributed by atoms with van der Waals surface area (Å²) in [5, 5.41) is 7.43. The van der Waals surface area contributed by atoms with Gasteiger partial charge in [-0.3, -0.25) is 10.4 Å². The molecule has 1 heterocycles. The number of amidine groups is 1. The number of nitrogen functional groups attached to an aromatic ring is 1. The number of hydrogen-bond acceptors (Lipinski definition) is 5. The summed E-state index contributed by atoms with van der Waals surface area (Å²) in [4.78, 5) is 5.00. The highest BCUT2D eigenvalue weighted by molar-refractivity contribution is 7.09. The Morgan fingerprint density at radius 2 is 2.17 bits per heavy atom. The molecular weight excluding hydrogens is 250 g/mol. The van der Waals surface area contributed by atoms with Crippen LogP contribution >= 0.6 is 11.3 Å². The van der Waals surface area contributed by atoms with Crippen molar-refractivity contribution < 1.29 is 9.47 Å². The highest BCUT2D eigenvalue weighted by atomic mass is 32.1. The van der Waals surface area contributed by atoms with E-state index in [1.54, 1.807) is 37.0 Å². The second kappa shape index (κ2) is 5.50. The van der Waals surface area contributed by atoms with Crippen LogP contribution in [0.3, 0.4) is 0 Å². The lowest BCUT2D eigenvalue weighted by atomic mass is 10.2. The van der Waals surface area contributed by atoms with Gasteiger partial charge in [0.1, 0.15) is 23.9 Å². The van der Waals surface area contributed by atoms with Crippen molar-refractivity contribution in [3.63, 3.8) is 0 Å². The first-order valence-corrected chi connectivity index (χ1v) is 6.10. The van der Waals surface area contributed by atoms with Crippen molar-refractivity contribution >= 4 is 17.2 Å². The summed E-state index contributed by atoms with van der Waals surface area (Å²) in [6.07, 6.45) is 1.76. The third kappa shape index (κ3) is 2.98. The normalized spacial score (nSPS) is 10.1. The minimum absolute atomic E-state index is 0.0171. The molecule has 1 aromatic heterocycles. The molecule has 5 nitrogen and oxygen atoms in total. The van der Waals surface area contributed by atoms with E-state index < -0.39 is 0 Å². The minimum atomic E-state index is -0.0171. The third-order valence-corrected chi connectivity index (χ3v) is 3.04. The van der Waals surface area contributed by atoms with Gasteiger partial charge >= 0.3 is 0 Å². The van der Waals surface area contributed by atoms with Crippen LogP contribution in [0, 0.1) is 5.41 Å². The maximum atomic E-state index is 7.43. The topological polar surface area (TPSA) is 81.2 Å². The van der Waals surface area contributed by atoms with Gasteiger partial charge in [0, 0.05) is 17.8 Å². The number of nitrogens with two attached hydrogens (primary N) is 1. The number of ether oxygens (including phenoxy) is 2. The van der Waals surface area contributed by atoms with Gasteiger partial charge < -0.3 is 15.2 Å². The smallest absolute Gasteiger partial charge is 0.124 e. The summed E-state index contributed by atoms with van der Waals surface area (Å²) in [6.45, 7) is 0.440. The number of benzene rings is 1. The summed E-state index contributed by atoms with van der Waals surface area (Å²) < 4.78 is 10.8. The summed E-state index contributed by atoms with van der Waals surface area (Å²) in [6, 6.07) is 5.17. The number of nitrogens with zero attached hydrogens (tertiary/aromatic N) is 1. The molecular formula is C12H13N3O2S. The summed E-state index contributed by atoms with van der Waals surface area (Å²) >= 11 is 1.53. The van der Waals surface area contributed by atoms with Crippen LogP contribution in [0.1, 0.15) is 10.4 Å². The average molecular weight is 263 g/mol. The van der Waals surface area contributed by atoms with E-state index in [0.29, 0.717) is 23.7 Å². The van der Waals surface area contributed by atoms with Gasteiger partial charge in [-0.15, -0.1) is 11.3 Å². The Hall–Kier alpha value is -2.08. The Kier molecular flexibility index (Phi) is 3.78. The molecule has 3 N–H and O–H groups in total. The molecule has 0 aliphatic heterocycles. The molecule has 94 valence electrons. The Bertz CT molecular complexity index is 540. The second-order valence-electron chi connectivity index (χ2n) is 3.57. The van der Waals surface area contributed by atoms with E-state index in [4.69, 9.17) is 20.6 Å². The first-order valence-electron chi connectivity index (χ1n) is 5.22. The molecule has 0 bridgehead atoms. The highest BCUT2D eigenvalue weighted by Gasteiger charge is 2.05. The lowest BCUT2D eigenvalue weighted by molar-refractivity contribution is 0.307. The average Bonchev–Trinajstić information content (AvgIpc) is 2.89. The van der Waals surface area contributed by atoms with Gasteiger partial charge in [0.15, 0.2) is 0 Å². The van der Waals surface area contributed by atoms with Gasteiger partial charge in [-0.1, -0.05) is 0 Å². The molecule has 18 heavy (non-hydrogen) atoms. The lowest BCUT2D eigenvalue weighted by Crippen LogP contribution is -2.11. The minimum Gasteiger partial charge on any atom is -0.497 e. The largest absolute Gasteiger partial charge is 0.497 e. The summed E-state index contributed by atoms with van der Waals surface area (Å²) in [7, 11) is 1.56. The molecule has 0 atom stereocenters. The summed E-state index contributed by atoms with van der Waals surface area (Å²) in [5.41, 5.74) is 7.79. The number of thiazole rings is 1. The van der Waals surface area contributed by atoms with Gasteiger partial charge in [-0.05, 0) is 12.1 Å². The molecule has 0 amide bonds. The van der Waals surface area contributed by atoms with E-state index >= 15 is 0 Å². The number of aromatic nitrogens is 1. The van der Waals surface area contributed by atoms with Crippen LogP contribution in [0.15, 0.2) is 29.9 Å². The molecule has 0 aliphatic carbocycles. The van der Waals surface area contributed by atoms with E-state index in [1.807, 2.05) is 0 Å². The zero-order valence-corrected chi connectivity index (χ0v) is 10.7. The van der Waals surface area contributed by atoms with E-state index in [-0.39, 0.29) is 5.84 Å². The van der Waals surface area contributed by atoms with Crippen LogP contribution in [-0.4, -0.2) is 17.9 Å². The Balaban J connectivity index is 2.16. The number of hydrogen-bond donors (Lipinski definition) is 2. The van der Waals surface area contributed by atoms with Crippen molar-refractivity contribution in [3.8, 4) is 11.5 Å². The Morgan fingerprint density at radius 1 is 1.39 bits per heavy atom. The lowest BCUT2D eigenvalue weighted by Gasteiger charge is -2.09. The predicted molar refractivity (Wildman–Crippen MR) is 70.5 cm³/mol. The van der Waals surface area contributed by atoms with Crippen LogP contribution < -0.4 is 15.2 Å². The van der Waals surface area contributed by atoms with Crippen LogP contribution in [-0.2, 0) is 6.61 Å². The van der Waals surface area contributed by atoms with Crippen LogP contribution in [0.2, 0.25) is 0 Å². The molecule has 6 heteroatoms. The van der Waals surface area contributed by atoms with Gasteiger partial charge in [-0.2, -0.15) is 0 Å². The number of nitrogens with one attached hydrogen (secondary N) is 1. The molecule has 2 aromatic rings. The van der Waals surface area contributed by atoms with Crippen molar-refractivity contribution in [2.75, 3.05) is 7.11 Å². The van der Waals surface area contributed by atoms with E-state index in [2.05, 4.69) is 4.98 Å². The second-order valence-corrected chi connectivity index (χ2v) is 4.54. The van der Waals surface area contributed by atoms with Crippen LogP contribution in [0.5, 0.6) is 11.5 Å². The van der Waals surface area contributed by atoms with E-state index in [1.165, 1.54) is 11.3 Å². The van der Waals surface area contributed by atoms with Crippen LogP contribution in [0.4, 0.5) is 0 Å². The van der Waals surface area contributed by atoms with Gasteiger partial charge in [-0.25, -0.2) is 0 Å². The zero-order valence-electron chi connectivity index (χ0n) is 9.84. The Labute approximate surface area is 109 Å². The van der Waals surface area contributed by atoms with Gasteiger partial charge in [0.05, 0.1) is 17.5 Å². The van der Waals surface area contributed by atoms with Crippen molar-refractivity contribution in [3.05, 3.63) is 40.3 Å². The monoisotopic (exact) mass is 263 g/mol. The van der Waals surface area contributed by atoms with Gasteiger partial charge in [0.25, 0.3) is 0 Å². The molecule has 0 radical (unpaired) electrons. The fraction of sp³-hybridized carbons (Fsp3) is 0.167. The zero-order chi connectivity index (χ0) is 13.0. The molecule has 0 fully saturated rings. The number of methoxy groups -OCH3 is 1. The molecule has 0 unspecified atom stereocenters. The van der Waals surface area contributed by atoms with Crippen molar-refractivity contribution in [2.45, 2.75) is 6.61 Å². The van der Waals surface area contributed by atoms with E-state index in [0.717, 1.165) is 4.88 Å². The fourth-order valence-corrected chi connectivity index (χ4v) is 1.90. The maximum Gasteiger partial charge on any atom is 0.124 e. The molecule has 2 rings (SSSR count). The molecule has 0 aliphatic rings. The van der Waals surface area contributed by atoms with Crippen LogP contribution in [0.25, 0.3) is 0 Å². The number of rotatable bonds is 5. The molecule has 0 saturated carbocycles. The standard InChI is InChI=1S/C12H13N3O2S/c1-16-9-2-8(12(13)14)3-10(4-9)17-6-11-5-15-7-18-11/h2-5,7H,6H2,1H3,(H3,13,14). The van der Waals surface area contributed by atoms with Crippen molar-refractivity contribution in [1.82, 2.24) is 4.98 Å². The SMILES string of the molecule is COc1cc(OCc2cncs2)cc(C(=N)N)c1. The molecule has 1 aromatic carbocycles. The highest BCUT2D eigenvalue weighted by Crippen LogP contribution is 2.23. The van der Waals surface area contributed by atoms with Crippen molar-refractivity contribution in [2.24, 2.45) is 5.73 Å². The molecule has 0 saturated heterocycles. The van der Waals surface area contributed by atoms with Gasteiger partial charge in [0.2, 0.25) is 0 Å².